The zero-order valence-electron chi connectivity index (χ0n) is 12.1. The molecule has 0 radical (unpaired) electrons. The lowest BCUT2D eigenvalue weighted by Crippen LogP contribution is -2.25. The van der Waals surface area contributed by atoms with Crippen LogP contribution < -0.4 is 4.31 Å². The van der Waals surface area contributed by atoms with Crippen LogP contribution in [0, 0.1) is 0 Å². The first-order valence-electron chi connectivity index (χ1n) is 6.76. The highest BCUT2D eigenvalue weighted by molar-refractivity contribution is 7.94. The lowest BCUT2D eigenvalue weighted by atomic mass is 10.1. The fourth-order valence-electron chi connectivity index (χ4n) is 1.96. The Hall–Kier alpha value is -1.37. The van der Waals surface area contributed by atoms with Crippen molar-refractivity contribution >= 4 is 27.0 Å². The smallest absolute Gasteiger partial charge is 0.273 e. The van der Waals surface area contributed by atoms with E-state index in [-0.39, 0.29) is 6.61 Å². The van der Waals surface area contributed by atoms with Crippen molar-refractivity contribution in [3.05, 3.63) is 46.8 Å². The van der Waals surface area contributed by atoms with E-state index < -0.39 is 10.0 Å². The van der Waals surface area contributed by atoms with Crippen LogP contribution in [0.2, 0.25) is 0 Å². The predicted octanol–water partition coefficient (Wildman–Crippen LogP) is 2.67. The molecule has 0 aliphatic rings. The number of benzene rings is 1. The van der Waals surface area contributed by atoms with Gasteiger partial charge in [0.2, 0.25) is 0 Å². The second kappa shape index (κ2) is 6.60. The Morgan fingerprint density at radius 1 is 1.14 bits per heavy atom. The minimum Gasteiger partial charge on any atom is -0.396 e. The second-order valence-corrected chi connectivity index (χ2v) is 8.05. The number of nitrogens with zero attached hydrogens (tertiary/aromatic N) is 1. The standard InChI is InChI=1S/C15H19NO3S2/c1-3-12-4-6-13(7-5-12)16(2)21(18,19)15-9-8-14(20-15)10-11-17/h4-9,17H,3,10-11H2,1-2H3. The van der Waals surface area contributed by atoms with Crippen LogP contribution in [-0.4, -0.2) is 27.2 Å². The minimum absolute atomic E-state index is 0.0221. The summed E-state index contributed by atoms with van der Waals surface area (Å²) in [6.07, 6.45) is 1.40. The summed E-state index contributed by atoms with van der Waals surface area (Å²) in [6, 6.07) is 10.9. The number of hydrogen-bond donors (Lipinski definition) is 1. The number of aliphatic hydroxyl groups is 1. The zero-order valence-corrected chi connectivity index (χ0v) is 13.7. The van der Waals surface area contributed by atoms with Gasteiger partial charge in [-0.25, -0.2) is 8.42 Å². The summed E-state index contributed by atoms with van der Waals surface area (Å²) < 4.78 is 26.7. The fourth-order valence-corrected chi connectivity index (χ4v) is 4.67. The van der Waals surface area contributed by atoms with E-state index in [1.54, 1.807) is 19.2 Å². The summed E-state index contributed by atoms with van der Waals surface area (Å²) >= 11 is 1.21. The molecule has 0 spiro atoms. The first-order valence-corrected chi connectivity index (χ1v) is 9.02. The summed E-state index contributed by atoms with van der Waals surface area (Å²) in [5.41, 5.74) is 1.82. The van der Waals surface area contributed by atoms with Gasteiger partial charge in [-0.05, 0) is 36.2 Å². The summed E-state index contributed by atoms with van der Waals surface area (Å²) in [4.78, 5) is 0.866. The highest BCUT2D eigenvalue weighted by atomic mass is 32.2. The number of hydrogen-bond acceptors (Lipinski definition) is 4. The molecule has 0 bridgehead atoms. The van der Waals surface area contributed by atoms with Gasteiger partial charge < -0.3 is 5.11 Å². The molecule has 0 amide bonds. The molecule has 0 atom stereocenters. The van der Waals surface area contributed by atoms with E-state index in [1.165, 1.54) is 21.2 Å². The summed E-state index contributed by atoms with van der Waals surface area (Å²) in [5, 5.41) is 8.92. The van der Waals surface area contributed by atoms with E-state index in [9.17, 15) is 8.42 Å². The average Bonchev–Trinajstić information content (AvgIpc) is 2.96. The van der Waals surface area contributed by atoms with Gasteiger partial charge in [-0.1, -0.05) is 19.1 Å². The third kappa shape index (κ3) is 3.45. The molecule has 0 saturated carbocycles. The molecular weight excluding hydrogens is 306 g/mol. The second-order valence-electron chi connectivity index (χ2n) is 4.69. The van der Waals surface area contributed by atoms with Crippen molar-refractivity contribution in [1.82, 2.24) is 0 Å². The molecule has 0 fully saturated rings. The quantitative estimate of drug-likeness (QED) is 0.888. The topological polar surface area (TPSA) is 57.6 Å². The molecule has 1 aromatic carbocycles. The molecule has 21 heavy (non-hydrogen) atoms. The maximum atomic E-state index is 12.6. The lowest BCUT2D eigenvalue weighted by molar-refractivity contribution is 0.300. The van der Waals surface area contributed by atoms with Crippen molar-refractivity contribution in [2.24, 2.45) is 0 Å². The maximum absolute atomic E-state index is 12.6. The molecular formula is C15H19NO3S2. The minimum atomic E-state index is -3.54. The van der Waals surface area contributed by atoms with Crippen molar-refractivity contribution in [3.63, 3.8) is 0 Å². The molecule has 0 aliphatic heterocycles. The summed E-state index contributed by atoms with van der Waals surface area (Å²) in [5.74, 6) is 0. The average molecular weight is 325 g/mol. The number of rotatable bonds is 6. The zero-order chi connectivity index (χ0) is 15.5. The largest absolute Gasteiger partial charge is 0.396 e. The maximum Gasteiger partial charge on any atom is 0.273 e. The van der Waals surface area contributed by atoms with Crippen LogP contribution in [0.15, 0.2) is 40.6 Å². The summed E-state index contributed by atoms with van der Waals surface area (Å²) in [6.45, 7) is 2.08. The first-order chi connectivity index (χ1) is 9.98. The Kier molecular flexibility index (Phi) is 5.03. The van der Waals surface area contributed by atoms with Gasteiger partial charge in [0.15, 0.2) is 0 Å². The van der Waals surface area contributed by atoms with E-state index in [4.69, 9.17) is 5.11 Å². The molecule has 1 heterocycles. The normalized spacial score (nSPS) is 11.6. The number of anilines is 1. The van der Waals surface area contributed by atoms with Crippen LogP contribution in [0.25, 0.3) is 0 Å². The third-order valence-corrected chi connectivity index (χ3v) is 6.72. The molecule has 2 aromatic rings. The van der Waals surface area contributed by atoms with E-state index in [1.807, 2.05) is 24.3 Å². The number of thiophene rings is 1. The van der Waals surface area contributed by atoms with Crippen molar-refractivity contribution in [3.8, 4) is 0 Å². The third-order valence-electron chi connectivity index (χ3n) is 3.32. The van der Waals surface area contributed by atoms with Crippen molar-refractivity contribution in [2.45, 2.75) is 24.0 Å². The molecule has 0 unspecified atom stereocenters. The Balaban J connectivity index is 2.28. The highest BCUT2D eigenvalue weighted by Gasteiger charge is 2.23. The van der Waals surface area contributed by atoms with Crippen molar-refractivity contribution < 1.29 is 13.5 Å². The Morgan fingerprint density at radius 3 is 2.38 bits per heavy atom. The van der Waals surface area contributed by atoms with Crippen molar-refractivity contribution in [1.29, 1.82) is 0 Å². The van der Waals surface area contributed by atoms with Crippen LogP contribution in [0.1, 0.15) is 17.4 Å². The van der Waals surface area contributed by atoms with E-state index in [0.29, 0.717) is 16.3 Å². The van der Waals surface area contributed by atoms with Gasteiger partial charge in [-0.15, -0.1) is 11.3 Å². The van der Waals surface area contributed by atoms with Gasteiger partial charge in [0.1, 0.15) is 4.21 Å². The molecule has 1 N–H and O–H groups in total. The van der Waals surface area contributed by atoms with Gasteiger partial charge in [0.05, 0.1) is 5.69 Å². The van der Waals surface area contributed by atoms with Crippen LogP contribution in [0.4, 0.5) is 5.69 Å². The lowest BCUT2D eigenvalue weighted by Gasteiger charge is -2.18. The molecule has 2 rings (SSSR count). The molecule has 114 valence electrons. The molecule has 4 nitrogen and oxygen atoms in total. The van der Waals surface area contributed by atoms with Crippen LogP contribution in [0.5, 0.6) is 0 Å². The van der Waals surface area contributed by atoms with Gasteiger partial charge >= 0.3 is 0 Å². The van der Waals surface area contributed by atoms with Gasteiger partial charge in [0.25, 0.3) is 10.0 Å². The van der Waals surface area contributed by atoms with E-state index in [2.05, 4.69) is 6.92 Å². The number of sulfonamides is 1. The van der Waals surface area contributed by atoms with Gasteiger partial charge in [-0.2, -0.15) is 0 Å². The van der Waals surface area contributed by atoms with E-state index >= 15 is 0 Å². The molecule has 0 saturated heterocycles. The van der Waals surface area contributed by atoms with Crippen LogP contribution in [0.3, 0.4) is 0 Å². The highest BCUT2D eigenvalue weighted by Crippen LogP contribution is 2.28. The van der Waals surface area contributed by atoms with E-state index in [0.717, 1.165) is 11.3 Å². The first kappa shape index (κ1) is 16.0. The Labute approximate surface area is 129 Å². The SMILES string of the molecule is CCc1ccc(N(C)S(=O)(=O)c2ccc(CCO)s2)cc1. The van der Waals surface area contributed by atoms with Crippen molar-refractivity contribution in [2.75, 3.05) is 18.0 Å². The molecule has 1 aromatic heterocycles. The summed E-state index contributed by atoms with van der Waals surface area (Å²) in [7, 11) is -1.98. The molecule has 0 aliphatic carbocycles. The number of aliphatic hydroxyl groups excluding tert-OH is 1. The number of aryl methyl sites for hydroxylation is 1. The van der Waals surface area contributed by atoms with Gasteiger partial charge in [0, 0.05) is 25.0 Å². The molecule has 6 heteroatoms. The monoisotopic (exact) mass is 325 g/mol. The van der Waals surface area contributed by atoms with Crippen LogP contribution in [-0.2, 0) is 22.9 Å². The Bertz CT molecular complexity index is 690. The van der Waals surface area contributed by atoms with Crippen LogP contribution >= 0.6 is 11.3 Å². The van der Waals surface area contributed by atoms with Gasteiger partial charge in [-0.3, -0.25) is 4.31 Å². The fraction of sp³-hybridized carbons (Fsp3) is 0.333. The predicted molar refractivity (Wildman–Crippen MR) is 86.5 cm³/mol. The Morgan fingerprint density at radius 2 is 1.81 bits per heavy atom.